The Hall–Kier alpha value is 0.823. The van der Waals surface area contributed by atoms with Crippen molar-refractivity contribution in [3.8, 4) is 0 Å². The van der Waals surface area contributed by atoms with E-state index in [0.29, 0.717) is 0 Å². The van der Waals surface area contributed by atoms with Gasteiger partial charge in [0.25, 0.3) is 5.97 Å². The molecule has 0 amide bonds. The Morgan fingerprint density at radius 1 is 1.55 bits per heavy atom. The minimum atomic E-state index is -0.366. The number of rotatable bonds is 1. The van der Waals surface area contributed by atoms with Gasteiger partial charge in [-0.25, -0.2) is 0 Å². The molecule has 0 saturated heterocycles. The molecule has 0 bridgehead atoms. The van der Waals surface area contributed by atoms with Crippen LogP contribution in [0.5, 0.6) is 0 Å². The molecule has 0 aliphatic heterocycles. The fraction of sp³-hybridized carbons (Fsp3) is 0.714. The molecule has 0 radical (unpaired) electrons. The van der Waals surface area contributed by atoms with Gasteiger partial charge in [-0.1, -0.05) is 6.42 Å². The maximum atomic E-state index is 10.5. The van der Waals surface area contributed by atoms with Crippen LogP contribution in [0.4, 0.5) is 0 Å². The molecule has 0 N–H and O–H groups in total. The average molecular weight is 321 g/mol. The van der Waals surface area contributed by atoms with Gasteiger partial charge in [-0.05, 0) is 20.8 Å². The maximum absolute atomic E-state index is 10.5. The monoisotopic (exact) mass is 320 g/mol. The van der Waals surface area contributed by atoms with E-state index >= 15 is 0 Å². The Bertz CT molecular complexity index is 109. The van der Waals surface area contributed by atoms with Crippen LogP contribution in [0.2, 0.25) is 0 Å². The number of hydrogen-bond donors (Lipinski definition) is 0. The second kappa shape index (κ2) is 7.47. The van der Waals surface area contributed by atoms with Gasteiger partial charge in [-0.3, -0.25) is 4.79 Å². The molecule has 0 aromatic rings. The van der Waals surface area contributed by atoms with E-state index in [2.05, 4.69) is 26.7 Å². The van der Waals surface area contributed by atoms with Crippen LogP contribution < -0.4 is 0 Å². The fourth-order valence-electron chi connectivity index (χ4n) is 0.393. The van der Waals surface area contributed by atoms with Gasteiger partial charge in [-0.2, -0.15) is 0 Å². The number of carbonyl (C=O) groups excluding carboxylic acids is 1. The van der Waals surface area contributed by atoms with Gasteiger partial charge in [0, 0.05) is 0 Å². The topological polar surface area (TPSA) is 26.3 Å². The molecule has 0 spiro atoms. The molecule has 0 fully saturated rings. The molecular formula is C7H13IO2Zn. The summed E-state index contributed by atoms with van der Waals surface area (Å²) in [4.78, 5) is 10.5. The van der Waals surface area contributed by atoms with E-state index in [-0.39, 0.29) is 18.0 Å². The van der Waals surface area contributed by atoms with Gasteiger partial charge < -0.3 is 11.7 Å². The van der Waals surface area contributed by atoms with Gasteiger partial charge in [0.1, 0.15) is 5.60 Å². The third-order valence-corrected chi connectivity index (χ3v) is 0.624. The normalized spacial score (nSPS) is 9.73. The predicted octanol–water partition coefficient (Wildman–Crippen LogP) is 2.44. The van der Waals surface area contributed by atoms with Crippen LogP contribution in [0.15, 0.2) is 0 Å². The van der Waals surface area contributed by atoms with Crippen LogP contribution >= 0.6 is 19.8 Å². The van der Waals surface area contributed by atoms with Crippen molar-refractivity contribution in [1.82, 2.24) is 0 Å². The zero-order valence-corrected chi connectivity index (χ0v) is 12.4. The molecule has 2 nitrogen and oxygen atoms in total. The minimum absolute atomic E-state index is 0.206. The Kier molecular flexibility index (Phi) is 9.75. The van der Waals surface area contributed by atoms with Crippen molar-refractivity contribution in [2.45, 2.75) is 32.8 Å². The van der Waals surface area contributed by atoms with E-state index in [4.69, 9.17) is 4.74 Å². The molecule has 0 aromatic heterocycles. The molecular weight excluding hydrogens is 308 g/mol. The number of ether oxygens (including phenoxy) is 1. The molecule has 0 aliphatic rings. The van der Waals surface area contributed by atoms with Gasteiger partial charge in [-0.15, -0.1) is 0 Å². The number of hydrogen-bond acceptors (Lipinski definition) is 2. The van der Waals surface area contributed by atoms with Crippen molar-refractivity contribution in [2.24, 2.45) is 0 Å². The van der Waals surface area contributed by atoms with E-state index in [1.165, 1.54) is 14.8 Å². The van der Waals surface area contributed by atoms with Crippen LogP contribution in [-0.4, -0.2) is 11.6 Å². The molecule has 0 rings (SSSR count). The Labute approximate surface area is 89.3 Å². The number of halogens is 1. The summed E-state index contributed by atoms with van der Waals surface area (Å²) in [6, 6.07) is 0. The molecule has 0 unspecified atom stereocenters. The Morgan fingerprint density at radius 2 is 1.91 bits per heavy atom. The van der Waals surface area contributed by atoms with Crippen molar-refractivity contribution < 1.29 is 24.3 Å². The molecule has 4 heteroatoms. The molecule has 0 aliphatic carbocycles. The van der Waals surface area contributed by atoms with Gasteiger partial charge in [0.15, 0.2) is 0 Å². The number of esters is 1. The SMILES string of the molecule is [CH2-]CC(=O)OC(C)(C)C.[Zn+][I]. The van der Waals surface area contributed by atoms with Crippen molar-refractivity contribution in [3.05, 3.63) is 6.92 Å². The predicted molar refractivity (Wildman–Crippen MR) is 49.8 cm³/mol. The third kappa shape index (κ3) is 13.8. The van der Waals surface area contributed by atoms with E-state index in [1.54, 1.807) is 0 Å². The molecule has 0 heterocycles. The molecule has 0 saturated carbocycles. The molecule has 11 heavy (non-hydrogen) atoms. The summed E-state index contributed by atoms with van der Waals surface area (Å²) in [5.41, 5.74) is -0.366. The summed E-state index contributed by atoms with van der Waals surface area (Å²) in [7, 11) is 0. The van der Waals surface area contributed by atoms with Crippen molar-refractivity contribution in [2.75, 3.05) is 0 Å². The van der Waals surface area contributed by atoms with Crippen LogP contribution in [0.1, 0.15) is 27.2 Å². The molecule has 0 aromatic carbocycles. The van der Waals surface area contributed by atoms with Crippen molar-refractivity contribution in [3.63, 3.8) is 0 Å². The quantitative estimate of drug-likeness (QED) is 0.321. The van der Waals surface area contributed by atoms with Crippen LogP contribution in [0.25, 0.3) is 0 Å². The summed E-state index contributed by atoms with van der Waals surface area (Å²) in [5, 5.41) is 0. The van der Waals surface area contributed by atoms with Crippen molar-refractivity contribution in [1.29, 1.82) is 0 Å². The first-order valence-electron chi connectivity index (χ1n) is 3.23. The van der Waals surface area contributed by atoms with Crippen LogP contribution in [0, 0.1) is 6.92 Å². The summed E-state index contributed by atoms with van der Waals surface area (Å²) in [5.74, 6) is -0.248. The summed E-state index contributed by atoms with van der Waals surface area (Å²) >= 11 is 3.62. The van der Waals surface area contributed by atoms with Crippen LogP contribution in [-0.2, 0) is 24.3 Å². The Balaban J connectivity index is 0. The van der Waals surface area contributed by atoms with E-state index in [9.17, 15) is 4.79 Å². The van der Waals surface area contributed by atoms with E-state index in [1.807, 2.05) is 20.8 Å². The zero-order valence-electron chi connectivity index (χ0n) is 7.32. The number of carbonyl (C=O) groups is 1. The van der Waals surface area contributed by atoms with Gasteiger partial charge in [0.05, 0.1) is 0 Å². The second-order valence-corrected chi connectivity index (χ2v) is 2.84. The van der Waals surface area contributed by atoms with Crippen molar-refractivity contribution >= 4 is 25.7 Å². The summed E-state index contributed by atoms with van der Waals surface area (Å²) in [6.07, 6.45) is 0.206. The van der Waals surface area contributed by atoms with E-state index in [0.717, 1.165) is 0 Å². The summed E-state index contributed by atoms with van der Waals surface area (Å²) < 4.78 is 4.89. The molecule has 0 atom stereocenters. The zero-order chi connectivity index (χ0) is 9.49. The summed E-state index contributed by atoms with van der Waals surface area (Å²) in [6.45, 7) is 8.90. The first kappa shape index (κ1) is 14.4. The second-order valence-electron chi connectivity index (χ2n) is 2.84. The van der Waals surface area contributed by atoms with Crippen LogP contribution in [0.3, 0.4) is 0 Å². The molecule has 62 valence electrons. The standard InChI is InChI=1S/C7H13O2.HI.Zn/c1-5-6(8)9-7(2,3)4;;/h1,5H2,2-4H3;1H;/q-1;;+2/p-1. The third-order valence-electron chi connectivity index (χ3n) is 0.624. The van der Waals surface area contributed by atoms with Gasteiger partial charge in [0.2, 0.25) is 0 Å². The van der Waals surface area contributed by atoms with Gasteiger partial charge >= 0.3 is 34.5 Å². The first-order chi connectivity index (χ1) is 4.95. The fourth-order valence-corrected chi connectivity index (χ4v) is 0.393. The van der Waals surface area contributed by atoms with E-state index < -0.39 is 0 Å². The average Bonchev–Trinajstić information content (AvgIpc) is 1.89. The first-order valence-corrected chi connectivity index (χ1v) is 12.3. The Morgan fingerprint density at radius 3 is 2.00 bits per heavy atom.